The minimum absolute atomic E-state index is 0.0945. The van der Waals surface area contributed by atoms with Crippen LogP contribution in [0.3, 0.4) is 0 Å². The number of amides is 2. The molecule has 0 radical (unpaired) electrons. The van der Waals surface area contributed by atoms with Crippen LogP contribution in [-0.4, -0.2) is 12.6 Å². The van der Waals surface area contributed by atoms with E-state index in [-0.39, 0.29) is 12.1 Å². The van der Waals surface area contributed by atoms with Crippen LogP contribution in [0.5, 0.6) is 0 Å². The van der Waals surface area contributed by atoms with Gasteiger partial charge in [-0.1, -0.05) is 42.8 Å². The molecule has 4 heteroatoms. The highest BCUT2D eigenvalue weighted by Crippen LogP contribution is 2.21. The minimum atomic E-state index is -0.0945. The summed E-state index contributed by atoms with van der Waals surface area (Å²) in [6.07, 6.45) is 1.75. The topological polar surface area (TPSA) is 41.1 Å². The summed E-state index contributed by atoms with van der Waals surface area (Å²) in [5.74, 6) is 0. The van der Waals surface area contributed by atoms with Gasteiger partial charge < -0.3 is 10.6 Å². The lowest BCUT2D eigenvalue weighted by Crippen LogP contribution is -2.38. The first-order valence-electron chi connectivity index (χ1n) is 7.32. The Hall–Kier alpha value is -1.81. The number of carbonyl (C=O) groups is 1. The molecule has 0 saturated heterocycles. The lowest BCUT2D eigenvalue weighted by atomic mass is 10.1. The van der Waals surface area contributed by atoms with Crippen molar-refractivity contribution in [2.45, 2.75) is 32.7 Å². The maximum absolute atomic E-state index is 11.9. The lowest BCUT2D eigenvalue weighted by Gasteiger charge is -2.16. The molecular weight excluding hydrogens is 280 g/mol. The molecule has 2 amide bonds. The van der Waals surface area contributed by atoms with Crippen LogP contribution in [0, 0.1) is 6.92 Å². The van der Waals surface area contributed by atoms with Gasteiger partial charge in [-0.2, -0.15) is 0 Å². The van der Waals surface area contributed by atoms with Crippen LogP contribution in [0.1, 0.15) is 35.4 Å². The van der Waals surface area contributed by atoms with Gasteiger partial charge in [-0.25, -0.2) is 4.79 Å². The quantitative estimate of drug-likeness (QED) is 0.830. The number of benzene rings is 1. The second kappa shape index (κ2) is 7.84. The third kappa shape index (κ3) is 4.90. The molecule has 0 fully saturated rings. The number of rotatable bonds is 6. The molecule has 1 aromatic heterocycles. The Balaban J connectivity index is 1.77. The van der Waals surface area contributed by atoms with E-state index < -0.39 is 0 Å². The molecule has 2 rings (SSSR count). The molecule has 0 spiro atoms. The van der Waals surface area contributed by atoms with Crippen LogP contribution in [0.15, 0.2) is 41.8 Å². The van der Waals surface area contributed by atoms with E-state index in [9.17, 15) is 4.79 Å². The van der Waals surface area contributed by atoms with E-state index in [2.05, 4.69) is 54.8 Å². The highest BCUT2D eigenvalue weighted by molar-refractivity contribution is 7.10. The summed E-state index contributed by atoms with van der Waals surface area (Å²) in [4.78, 5) is 13.1. The van der Waals surface area contributed by atoms with Crippen LogP contribution in [0.4, 0.5) is 4.79 Å². The van der Waals surface area contributed by atoms with E-state index in [0.29, 0.717) is 6.54 Å². The zero-order valence-corrected chi connectivity index (χ0v) is 13.4. The van der Waals surface area contributed by atoms with E-state index in [1.54, 1.807) is 11.3 Å². The molecule has 3 nitrogen and oxygen atoms in total. The van der Waals surface area contributed by atoms with E-state index in [0.717, 1.165) is 12.8 Å². The highest BCUT2D eigenvalue weighted by atomic mass is 32.1. The van der Waals surface area contributed by atoms with Gasteiger partial charge in [-0.15, -0.1) is 11.3 Å². The fourth-order valence-electron chi connectivity index (χ4n) is 2.26. The smallest absolute Gasteiger partial charge is 0.315 e. The Labute approximate surface area is 130 Å². The summed E-state index contributed by atoms with van der Waals surface area (Å²) in [7, 11) is 0. The summed E-state index contributed by atoms with van der Waals surface area (Å²) in [6, 6.07) is 12.5. The Morgan fingerprint density at radius 3 is 2.81 bits per heavy atom. The maximum atomic E-state index is 11.9. The predicted molar refractivity (Wildman–Crippen MR) is 88.8 cm³/mol. The number of hydrogen-bond acceptors (Lipinski definition) is 2. The molecule has 1 unspecified atom stereocenters. The van der Waals surface area contributed by atoms with Gasteiger partial charge in [0.2, 0.25) is 0 Å². The molecule has 0 aliphatic carbocycles. The summed E-state index contributed by atoms with van der Waals surface area (Å²) in [6.45, 7) is 4.81. The van der Waals surface area contributed by atoms with Gasteiger partial charge in [-0.05, 0) is 36.8 Å². The van der Waals surface area contributed by atoms with Crippen molar-refractivity contribution in [1.29, 1.82) is 0 Å². The molecule has 0 aliphatic heterocycles. The summed E-state index contributed by atoms with van der Waals surface area (Å²) >= 11 is 1.68. The first-order chi connectivity index (χ1) is 10.2. The molecule has 1 aromatic carbocycles. The average Bonchev–Trinajstić information content (AvgIpc) is 2.99. The fraction of sp³-hybridized carbons (Fsp3) is 0.353. The fourth-order valence-corrected chi connectivity index (χ4v) is 3.12. The van der Waals surface area contributed by atoms with Crippen molar-refractivity contribution in [2.24, 2.45) is 0 Å². The maximum Gasteiger partial charge on any atom is 0.315 e. The molecule has 0 bridgehead atoms. The van der Waals surface area contributed by atoms with Gasteiger partial charge >= 0.3 is 6.03 Å². The number of hydrogen-bond donors (Lipinski definition) is 2. The molecule has 0 saturated carbocycles. The Morgan fingerprint density at radius 1 is 1.29 bits per heavy atom. The second-order valence-electron chi connectivity index (χ2n) is 5.12. The molecule has 0 aliphatic rings. The number of nitrogens with one attached hydrogen (secondary N) is 2. The number of carbonyl (C=O) groups excluding carboxylic acids is 1. The largest absolute Gasteiger partial charge is 0.338 e. The summed E-state index contributed by atoms with van der Waals surface area (Å²) < 4.78 is 0. The summed E-state index contributed by atoms with van der Waals surface area (Å²) in [5.41, 5.74) is 2.50. The van der Waals surface area contributed by atoms with Crippen LogP contribution < -0.4 is 10.6 Å². The van der Waals surface area contributed by atoms with Crippen molar-refractivity contribution in [1.82, 2.24) is 10.6 Å². The molecule has 21 heavy (non-hydrogen) atoms. The first kappa shape index (κ1) is 15.6. The predicted octanol–water partition coefficient (Wildman–Crippen LogP) is 4.05. The van der Waals surface area contributed by atoms with Crippen molar-refractivity contribution in [2.75, 3.05) is 6.54 Å². The first-order valence-corrected chi connectivity index (χ1v) is 8.20. The van der Waals surface area contributed by atoms with E-state index in [1.165, 1.54) is 16.0 Å². The zero-order chi connectivity index (χ0) is 15.1. The van der Waals surface area contributed by atoms with Gasteiger partial charge in [0, 0.05) is 11.4 Å². The van der Waals surface area contributed by atoms with Gasteiger partial charge in [0.05, 0.1) is 6.04 Å². The standard InChI is InChI=1S/C17H22N2OS/c1-3-15(16-8-5-11-21-16)19-17(20)18-10-9-14-7-4-6-13(2)12-14/h4-8,11-12,15H,3,9-10H2,1-2H3,(H2,18,19,20). The second-order valence-corrected chi connectivity index (χ2v) is 6.09. The number of aryl methyl sites for hydroxylation is 1. The Bertz CT molecular complexity index is 566. The van der Waals surface area contributed by atoms with Gasteiger partial charge in [0.1, 0.15) is 0 Å². The molecule has 1 heterocycles. The normalized spacial score (nSPS) is 11.9. The van der Waals surface area contributed by atoms with Crippen LogP contribution in [0.2, 0.25) is 0 Å². The van der Waals surface area contributed by atoms with Crippen molar-refractivity contribution < 1.29 is 4.79 Å². The Morgan fingerprint density at radius 2 is 2.14 bits per heavy atom. The van der Waals surface area contributed by atoms with E-state index >= 15 is 0 Å². The minimum Gasteiger partial charge on any atom is -0.338 e. The SMILES string of the molecule is CCC(NC(=O)NCCc1cccc(C)c1)c1cccs1. The van der Waals surface area contributed by atoms with Gasteiger partial charge in [-0.3, -0.25) is 0 Å². The van der Waals surface area contributed by atoms with Gasteiger partial charge in [0.15, 0.2) is 0 Å². The Kier molecular flexibility index (Phi) is 5.81. The van der Waals surface area contributed by atoms with Crippen LogP contribution >= 0.6 is 11.3 Å². The monoisotopic (exact) mass is 302 g/mol. The molecular formula is C17H22N2OS. The van der Waals surface area contributed by atoms with Crippen molar-refractivity contribution in [3.63, 3.8) is 0 Å². The zero-order valence-electron chi connectivity index (χ0n) is 12.6. The van der Waals surface area contributed by atoms with Crippen LogP contribution in [-0.2, 0) is 6.42 Å². The third-order valence-electron chi connectivity index (χ3n) is 3.38. The van der Waals surface area contributed by atoms with E-state index in [1.807, 2.05) is 11.4 Å². The average molecular weight is 302 g/mol. The highest BCUT2D eigenvalue weighted by Gasteiger charge is 2.12. The number of thiophene rings is 1. The third-order valence-corrected chi connectivity index (χ3v) is 4.37. The molecule has 1 atom stereocenters. The molecule has 2 N–H and O–H groups in total. The van der Waals surface area contributed by atoms with Crippen molar-refractivity contribution in [3.8, 4) is 0 Å². The molecule has 2 aromatic rings. The summed E-state index contributed by atoms with van der Waals surface area (Å²) in [5, 5.41) is 8.00. The van der Waals surface area contributed by atoms with Crippen molar-refractivity contribution in [3.05, 3.63) is 57.8 Å². The van der Waals surface area contributed by atoms with Gasteiger partial charge in [0.25, 0.3) is 0 Å². The van der Waals surface area contributed by atoms with Crippen molar-refractivity contribution >= 4 is 17.4 Å². The van der Waals surface area contributed by atoms with Crippen LogP contribution in [0.25, 0.3) is 0 Å². The lowest BCUT2D eigenvalue weighted by molar-refractivity contribution is 0.237. The number of urea groups is 1. The molecule has 112 valence electrons. The van der Waals surface area contributed by atoms with E-state index in [4.69, 9.17) is 0 Å².